The minimum absolute atomic E-state index is 0.206. The molecule has 3 rings (SSSR count). The van der Waals surface area contributed by atoms with Crippen LogP contribution in [-0.2, 0) is 10.8 Å². The molecule has 0 nitrogen and oxygen atoms in total. The van der Waals surface area contributed by atoms with Crippen molar-refractivity contribution >= 4 is 18.5 Å². The lowest BCUT2D eigenvalue weighted by atomic mass is 9.86. The van der Waals surface area contributed by atoms with Crippen LogP contribution in [0.15, 0.2) is 48.5 Å². The summed E-state index contributed by atoms with van der Waals surface area (Å²) in [6.45, 7) is 13.6. The van der Waals surface area contributed by atoms with Crippen LogP contribution in [-0.4, -0.2) is 0 Å². The average Bonchev–Trinajstić information content (AvgIpc) is 2.95. The van der Waals surface area contributed by atoms with Gasteiger partial charge in [0, 0.05) is 18.6 Å². The van der Waals surface area contributed by atoms with Crippen LogP contribution in [0.4, 0.5) is 0 Å². The lowest BCUT2D eigenvalue weighted by molar-refractivity contribution is 0.589. The van der Waals surface area contributed by atoms with E-state index in [-0.39, 0.29) is 10.8 Å². The Balaban J connectivity index is 1.76. The van der Waals surface area contributed by atoms with Gasteiger partial charge in [-0.1, -0.05) is 101 Å². The quantitative estimate of drug-likeness (QED) is 0.454. The molecule has 1 saturated heterocycles. The number of hydrogen-bond acceptors (Lipinski definition) is 0. The van der Waals surface area contributed by atoms with Crippen molar-refractivity contribution in [2.45, 2.75) is 76.5 Å². The predicted molar refractivity (Wildman–Crippen MR) is 118 cm³/mol. The van der Waals surface area contributed by atoms with Gasteiger partial charge in [0.2, 0.25) is 0 Å². The highest BCUT2D eigenvalue weighted by molar-refractivity contribution is 7.84. The summed E-state index contributed by atoms with van der Waals surface area (Å²) in [6, 6.07) is 18.4. The summed E-state index contributed by atoms with van der Waals surface area (Å²) in [6.07, 6.45) is 2.41. The summed E-state index contributed by atoms with van der Waals surface area (Å²) in [7, 11) is -0.548. The van der Waals surface area contributed by atoms with E-state index in [4.69, 9.17) is 11.2 Å². The molecule has 0 radical (unpaired) electrons. The molecule has 2 atom stereocenters. The SMILES string of the molecule is CC(C)(C)c1ccc([C@@H]2CC[C@@H](c3ccc(C(C)(C)C)cc3)P2Cl)cc1. The first-order valence-corrected chi connectivity index (χ1v) is 12.1. The number of rotatable bonds is 2. The molecule has 0 spiro atoms. The Morgan fingerprint density at radius 1 is 0.654 bits per heavy atom. The molecule has 2 aromatic carbocycles. The zero-order chi connectivity index (χ0) is 19.1. The number of hydrogen-bond donors (Lipinski definition) is 0. The van der Waals surface area contributed by atoms with Crippen LogP contribution in [0.5, 0.6) is 0 Å². The standard InChI is InChI=1S/C24H32ClP/c1-23(2,3)19-11-7-17(8-12-19)21-15-16-22(26(21)25)18-9-13-20(14-10-18)24(4,5)6/h7-14,21-22H,15-16H2,1-6H3/t21-,22-/m0/s1. The Labute approximate surface area is 165 Å². The van der Waals surface area contributed by atoms with Crippen LogP contribution in [0.1, 0.15) is 88.0 Å². The number of benzene rings is 2. The van der Waals surface area contributed by atoms with Crippen molar-refractivity contribution in [3.05, 3.63) is 70.8 Å². The first-order chi connectivity index (χ1) is 12.1. The lowest BCUT2D eigenvalue weighted by Crippen LogP contribution is -2.10. The summed E-state index contributed by atoms with van der Waals surface area (Å²) in [5, 5.41) is 0. The Morgan fingerprint density at radius 3 is 1.23 bits per heavy atom. The van der Waals surface area contributed by atoms with Gasteiger partial charge in [-0.3, -0.25) is 0 Å². The molecule has 0 amide bonds. The maximum atomic E-state index is 7.04. The van der Waals surface area contributed by atoms with Crippen molar-refractivity contribution < 1.29 is 0 Å². The molecule has 2 heteroatoms. The second-order valence-corrected chi connectivity index (χ2v) is 12.8. The fourth-order valence-corrected chi connectivity index (χ4v) is 7.21. The van der Waals surface area contributed by atoms with Crippen molar-refractivity contribution in [3.8, 4) is 0 Å². The first kappa shape index (κ1) is 19.9. The van der Waals surface area contributed by atoms with E-state index in [0.717, 1.165) is 0 Å². The second-order valence-electron chi connectivity index (χ2n) is 9.70. The minimum atomic E-state index is -0.548. The molecule has 0 saturated carbocycles. The largest absolute Gasteiger partial charge is 0.0951 e. The highest BCUT2D eigenvalue weighted by Crippen LogP contribution is 2.73. The van der Waals surface area contributed by atoms with Gasteiger partial charge in [0.15, 0.2) is 0 Å². The summed E-state index contributed by atoms with van der Waals surface area (Å²) < 4.78 is 0. The molecule has 1 fully saturated rings. The highest BCUT2D eigenvalue weighted by atomic mass is 35.7. The van der Waals surface area contributed by atoms with E-state index in [1.807, 2.05) is 0 Å². The Morgan fingerprint density at radius 2 is 0.962 bits per heavy atom. The van der Waals surface area contributed by atoms with Crippen LogP contribution in [0.2, 0.25) is 0 Å². The van der Waals surface area contributed by atoms with Gasteiger partial charge in [0.05, 0.1) is 0 Å². The van der Waals surface area contributed by atoms with E-state index in [0.29, 0.717) is 11.3 Å². The van der Waals surface area contributed by atoms with Crippen molar-refractivity contribution in [2.24, 2.45) is 0 Å². The van der Waals surface area contributed by atoms with E-state index >= 15 is 0 Å². The third-order valence-corrected chi connectivity index (χ3v) is 9.35. The van der Waals surface area contributed by atoms with Crippen molar-refractivity contribution in [3.63, 3.8) is 0 Å². The van der Waals surface area contributed by atoms with Gasteiger partial charge >= 0.3 is 0 Å². The summed E-state index contributed by atoms with van der Waals surface area (Å²) in [4.78, 5) is 0. The van der Waals surface area contributed by atoms with Gasteiger partial charge in [-0.15, -0.1) is 0 Å². The fraction of sp³-hybridized carbons (Fsp3) is 0.500. The molecule has 0 aliphatic carbocycles. The van der Waals surface area contributed by atoms with Crippen LogP contribution in [0.25, 0.3) is 0 Å². The fourth-order valence-electron chi connectivity index (χ4n) is 3.81. The zero-order valence-electron chi connectivity index (χ0n) is 17.0. The van der Waals surface area contributed by atoms with Crippen LogP contribution >= 0.6 is 18.5 Å². The van der Waals surface area contributed by atoms with E-state index in [2.05, 4.69) is 90.1 Å². The topological polar surface area (TPSA) is 0 Å². The van der Waals surface area contributed by atoms with Gasteiger partial charge in [0.25, 0.3) is 0 Å². The molecular formula is C24H32ClP. The van der Waals surface area contributed by atoms with Crippen molar-refractivity contribution in [1.82, 2.24) is 0 Å². The third-order valence-electron chi connectivity index (χ3n) is 5.63. The van der Waals surface area contributed by atoms with Gasteiger partial charge in [-0.05, 0) is 45.9 Å². The monoisotopic (exact) mass is 386 g/mol. The molecule has 0 aromatic heterocycles. The van der Waals surface area contributed by atoms with E-state index in [1.165, 1.54) is 35.1 Å². The van der Waals surface area contributed by atoms with E-state index in [9.17, 15) is 0 Å². The Hall–Kier alpha value is -0.840. The average molecular weight is 387 g/mol. The predicted octanol–water partition coefficient (Wildman–Crippen LogP) is 8.49. The first-order valence-electron chi connectivity index (χ1n) is 9.72. The number of halogens is 1. The van der Waals surface area contributed by atoms with Crippen LogP contribution < -0.4 is 0 Å². The summed E-state index contributed by atoms with van der Waals surface area (Å²) >= 11 is 7.04. The molecule has 0 bridgehead atoms. The van der Waals surface area contributed by atoms with Gasteiger partial charge in [-0.25, -0.2) is 0 Å². The van der Waals surface area contributed by atoms with Crippen LogP contribution in [0.3, 0.4) is 0 Å². The van der Waals surface area contributed by atoms with E-state index in [1.54, 1.807) is 0 Å². The Kier molecular flexibility index (Phi) is 5.58. The highest BCUT2D eigenvalue weighted by Gasteiger charge is 2.36. The second kappa shape index (κ2) is 7.29. The molecule has 1 aliphatic rings. The maximum absolute atomic E-state index is 7.04. The van der Waals surface area contributed by atoms with Crippen molar-refractivity contribution in [1.29, 1.82) is 0 Å². The third kappa shape index (κ3) is 4.18. The molecule has 0 unspecified atom stereocenters. The minimum Gasteiger partial charge on any atom is -0.0951 e. The normalized spacial score (nSPS) is 22.0. The lowest BCUT2D eigenvalue weighted by Gasteiger charge is -2.23. The molecule has 140 valence electrons. The molecule has 1 aliphatic heterocycles. The van der Waals surface area contributed by atoms with Gasteiger partial charge in [0.1, 0.15) is 0 Å². The Bertz CT molecular complexity index is 666. The molecule has 26 heavy (non-hydrogen) atoms. The molecular weight excluding hydrogens is 355 g/mol. The molecule has 0 N–H and O–H groups in total. The van der Waals surface area contributed by atoms with Crippen molar-refractivity contribution in [2.75, 3.05) is 0 Å². The zero-order valence-corrected chi connectivity index (χ0v) is 18.7. The van der Waals surface area contributed by atoms with Gasteiger partial charge in [-0.2, -0.15) is 0 Å². The molecule has 1 heterocycles. The van der Waals surface area contributed by atoms with Gasteiger partial charge < -0.3 is 0 Å². The smallest absolute Gasteiger partial charge is 0.0186 e. The molecule has 2 aromatic rings. The maximum Gasteiger partial charge on any atom is 0.0186 e. The summed E-state index contributed by atoms with van der Waals surface area (Å²) in [5.41, 5.74) is 7.09. The summed E-state index contributed by atoms with van der Waals surface area (Å²) in [5.74, 6) is 0. The van der Waals surface area contributed by atoms with E-state index < -0.39 is 7.27 Å². The van der Waals surface area contributed by atoms with Crippen LogP contribution in [0, 0.1) is 0 Å².